The number of nitrogens with one attached hydrogen (secondary N) is 1. The van der Waals surface area contributed by atoms with Gasteiger partial charge in [0.2, 0.25) is 5.91 Å². The molecular formula is C12H8Cl2N2O2S. The van der Waals surface area contributed by atoms with Crippen molar-refractivity contribution in [2.45, 2.75) is 6.92 Å². The number of rotatable bonds is 1. The van der Waals surface area contributed by atoms with Crippen LogP contribution in [0.25, 0.3) is 6.08 Å². The molecule has 0 aliphatic carbocycles. The van der Waals surface area contributed by atoms with Gasteiger partial charge in [0.05, 0.1) is 4.91 Å². The molecule has 1 aromatic carbocycles. The van der Waals surface area contributed by atoms with Gasteiger partial charge in [-0.15, -0.1) is 0 Å². The second-order valence-electron chi connectivity index (χ2n) is 3.68. The van der Waals surface area contributed by atoms with Crippen LogP contribution in [0.1, 0.15) is 12.5 Å². The number of amidine groups is 1. The maximum Gasteiger partial charge on any atom is 0.286 e. The summed E-state index contributed by atoms with van der Waals surface area (Å²) in [6.45, 7) is 1.35. The Morgan fingerprint density at radius 2 is 2.16 bits per heavy atom. The van der Waals surface area contributed by atoms with E-state index in [0.717, 1.165) is 11.8 Å². The van der Waals surface area contributed by atoms with Crippen molar-refractivity contribution in [1.29, 1.82) is 0 Å². The lowest BCUT2D eigenvalue weighted by molar-refractivity contribution is -0.117. The van der Waals surface area contributed by atoms with Gasteiger partial charge in [-0.05, 0) is 35.5 Å². The molecule has 1 N–H and O–H groups in total. The van der Waals surface area contributed by atoms with Gasteiger partial charge in [-0.25, -0.2) is 0 Å². The zero-order chi connectivity index (χ0) is 14.0. The summed E-state index contributed by atoms with van der Waals surface area (Å²) in [6, 6.07) is 4.98. The van der Waals surface area contributed by atoms with E-state index < -0.39 is 5.91 Å². The Bertz CT molecular complexity index is 626. The fraction of sp³-hybridized carbons (Fsp3) is 0.0833. The van der Waals surface area contributed by atoms with Gasteiger partial charge in [0.15, 0.2) is 5.17 Å². The minimum Gasteiger partial charge on any atom is -0.305 e. The molecule has 0 unspecified atom stereocenters. The lowest BCUT2D eigenvalue weighted by Crippen LogP contribution is -2.23. The highest BCUT2D eigenvalue weighted by atomic mass is 35.5. The van der Waals surface area contributed by atoms with Crippen molar-refractivity contribution >= 4 is 58.0 Å². The number of carbonyl (C=O) groups is 2. The number of carbonyl (C=O) groups excluding carboxylic acids is 2. The molecule has 0 saturated carbocycles. The predicted octanol–water partition coefficient (Wildman–Crippen LogP) is 3.10. The molecule has 0 aromatic heterocycles. The quantitative estimate of drug-likeness (QED) is 0.810. The highest BCUT2D eigenvalue weighted by Crippen LogP contribution is 2.30. The third-order valence-corrected chi connectivity index (χ3v) is 3.61. The summed E-state index contributed by atoms with van der Waals surface area (Å²) in [5.41, 5.74) is 0.668. The SMILES string of the molecule is CC(=O)NC1=NC(=O)/C(=C/c2ccc(Cl)cc2Cl)S1. The normalized spacial score (nSPS) is 16.7. The van der Waals surface area contributed by atoms with E-state index in [1.807, 2.05) is 0 Å². The molecule has 0 bridgehead atoms. The first-order valence-electron chi connectivity index (χ1n) is 5.21. The third-order valence-electron chi connectivity index (χ3n) is 2.15. The summed E-state index contributed by atoms with van der Waals surface area (Å²) in [4.78, 5) is 26.7. The number of amides is 2. The number of aliphatic imine (C=N–C) groups is 1. The summed E-state index contributed by atoms with van der Waals surface area (Å²) in [5, 5.41) is 3.71. The zero-order valence-corrected chi connectivity index (χ0v) is 12.1. The lowest BCUT2D eigenvalue weighted by Gasteiger charge is -2.00. The van der Waals surface area contributed by atoms with E-state index in [2.05, 4.69) is 10.3 Å². The number of benzene rings is 1. The van der Waals surface area contributed by atoms with E-state index in [0.29, 0.717) is 20.5 Å². The maximum absolute atomic E-state index is 11.7. The van der Waals surface area contributed by atoms with Crippen molar-refractivity contribution < 1.29 is 9.59 Å². The van der Waals surface area contributed by atoms with Crippen molar-refractivity contribution in [3.8, 4) is 0 Å². The van der Waals surface area contributed by atoms with E-state index in [1.165, 1.54) is 6.92 Å². The maximum atomic E-state index is 11.7. The van der Waals surface area contributed by atoms with E-state index in [-0.39, 0.29) is 11.1 Å². The van der Waals surface area contributed by atoms with Crippen LogP contribution in [0.5, 0.6) is 0 Å². The van der Waals surface area contributed by atoms with Crippen LogP contribution in [-0.2, 0) is 9.59 Å². The van der Waals surface area contributed by atoms with E-state index in [9.17, 15) is 9.59 Å². The minimum atomic E-state index is -0.403. The molecule has 1 aliphatic heterocycles. The van der Waals surface area contributed by atoms with Crippen LogP contribution < -0.4 is 5.32 Å². The Morgan fingerprint density at radius 1 is 1.42 bits per heavy atom. The molecule has 0 atom stereocenters. The number of thioether (sulfide) groups is 1. The average molecular weight is 315 g/mol. The molecule has 1 aliphatic rings. The molecule has 0 spiro atoms. The fourth-order valence-electron chi connectivity index (χ4n) is 1.37. The monoisotopic (exact) mass is 314 g/mol. The van der Waals surface area contributed by atoms with Crippen molar-refractivity contribution in [3.63, 3.8) is 0 Å². The first-order chi connectivity index (χ1) is 8.95. The first-order valence-corrected chi connectivity index (χ1v) is 6.78. The van der Waals surface area contributed by atoms with Gasteiger partial charge < -0.3 is 5.32 Å². The van der Waals surface area contributed by atoms with Gasteiger partial charge in [-0.3, -0.25) is 9.59 Å². The number of hydrogen-bond acceptors (Lipinski definition) is 3. The van der Waals surface area contributed by atoms with Crippen LogP contribution in [0.15, 0.2) is 28.1 Å². The summed E-state index contributed by atoms with van der Waals surface area (Å²) in [5.74, 6) is -0.676. The van der Waals surface area contributed by atoms with Gasteiger partial charge in [0.25, 0.3) is 5.91 Å². The molecule has 19 heavy (non-hydrogen) atoms. The Hall–Kier alpha value is -1.30. The van der Waals surface area contributed by atoms with Crippen molar-refractivity contribution in [2.75, 3.05) is 0 Å². The Kier molecular flexibility index (Phi) is 4.29. The van der Waals surface area contributed by atoms with Crippen molar-refractivity contribution in [2.24, 2.45) is 4.99 Å². The summed E-state index contributed by atoms with van der Waals surface area (Å²) < 4.78 is 0. The molecule has 2 amide bonds. The first kappa shape index (κ1) is 14.1. The van der Waals surface area contributed by atoms with E-state index >= 15 is 0 Å². The molecule has 7 heteroatoms. The van der Waals surface area contributed by atoms with E-state index in [4.69, 9.17) is 23.2 Å². The topological polar surface area (TPSA) is 58.5 Å². The van der Waals surface area contributed by atoms with Crippen molar-refractivity contribution in [1.82, 2.24) is 5.32 Å². The molecule has 1 heterocycles. The Labute approximate surface area is 123 Å². The molecular weight excluding hydrogens is 307 g/mol. The lowest BCUT2D eigenvalue weighted by atomic mass is 10.2. The van der Waals surface area contributed by atoms with Crippen LogP contribution >= 0.6 is 35.0 Å². The number of nitrogens with zero attached hydrogens (tertiary/aromatic N) is 1. The number of hydrogen-bond donors (Lipinski definition) is 1. The van der Waals surface area contributed by atoms with Crippen LogP contribution in [0.2, 0.25) is 10.0 Å². The van der Waals surface area contributed by atoms with Crippen LogP contribution in [-0.4, -0.2) is 17.0 Å². The molecule has 98 valence electrons. The fourth-order valence-corrected chi connectivity index (χ4v) is 2.69. The van der Waals surface area contributed by atoms with Crippen LogP contribution in [0, 0.1) is 0 Å². The van der Waals surface area contributed by atoms with Crippen LogP contribution in [0.3, 0.4) is 0 Å². The average Bonchev–Trinajstić information content (AvgIpc) is 2.62. The second-order valence-corrected chi connectivity index (χ2v) is 5.55. The van der Waals surface area contributed by atoms with Gasteiger partial charge >= 0.3 is 0 Å². The van der Waals surface area contributed by atoms with Gasteiger partial charge in [0.1, 0.15) is 0 Å². The zero-order valence-electron chi connectivity index (χ0n) is 9.74. The van der Waals surface area contributed by atoms with Crippen LogP contribution in [0.4, 0.5) is 0 Å². The molecule has 0 fully saturated rings. The second kappa shape index (κ2) is 5.77. The smallest absolute Gasteiger partial charge is 0.286 e. The largest absolute Gasteiger partial charge is 0.305 e. The highest BCUT2D eigenvalue weighted by molar-refractivity contribution is 8.18. The van der Waals surface area contributed by atoms with Gasteiger partial charge in [0, 0.05) is 17.0 Å². The molecule has 1 aromatic rings. The van der Waals surface area contributed by atoms with Gasteiger partial charge in [-0.2, -0.15) is 4.99 Å². The predicted molar refractivity (Wildman–Crippen MR) is 78.3 cm³/mol. The van der Waals surface area contributed by atoms with Crippen molar-refractivity contribution in [3.05, 3.63) is 38.7 Å². The number of halogens is 2. The standard InChI is InChI=1S/C12H8Cl2N2O2S/c1-6(17)15-12-16-11(18)10(19-12)4-7-2-3-8(13)5-9(7)14/h2-5H,1H3,(H,15,16,17,18)/b10-4-. The molecule has 4 nitrogen and oxygen atoms in total. The van der Waals surface area contributed by atoms with Gasteiger partial charge in [-0.1, -0.05) is 29.3 Å². The summed E-state index contributed by atoms with van der Waals surface area (Å²) >= 11 is 12.9. The van der Waals surface area contributed by atoms with E-state index in [1.54, 1.807) is 24.3 Å². The molecule has 2 rings (SSSR count). The minimum absolute atomic E-state index is 0.272. The Balaban J connectivity index is 2.22. The summed E-state index contributed by atoms with van der Waals surface area (Å²) in [6.07, 6.45) is 1.62. The Morgan fingerprint density at radius 3 is 2.79 bits per heavy atom. The molecule has 0 saturated heterocycles. The summed E-state index contributed by atoms with van der Waals surface area (Å²) in [7, 11) is 0. The third kappa shape index (κ3) is 3.59. The molecule has 0 radical (unpaired) electrons. The highest BCUT2D eigenvalue weighted by Gasteiger charge is 2.22.